The number of carbonyl (C=O) groups is 1. The van der Waals surface area contributed by atoms with Crippen LogP contribution in [-0.4, -0.2) is 52.6 Å². The molecule has 1 saturated heterocycles. The highest BCUT2D eigenvalue weighted by molar-refractivity contribution is 8.00. The van der Waals surface area contributed by atoms with Gasteiger partial charge < -0.3 is 4.90 Å². The van der Waals surface area contributed by atoms with Gasteiger partial charge in [-0.1, -0.05) is 6.92 Å². The SMILES string of the molecule is CCS[C@@H]1CC[C@H](N(C)C(=O)[C@H]2CSCN2)C1. The molecular formula is C12H22N2OS2. The van der Waals surface area contributed by atoms with Gasteiger partial charge in [0, 0.05) is 30.0 Å². The Labute approximate surface area is 112 Å². The van der Waals surface area contributed by atoms with Crippen LogP contribution in [0.2, 0.25) is 0 Å². The van der Waals surface area contributed by atoms with E-state index in [0.717, 1.165) is 16.9 Å². The number of hydrogen-bond donors (Lipinski definition) is 1. The fourth-order valence-corrected chi connectivity index (χ4v) is 4.70. The van der Waals surface area contributed by atoms with E-state index in [4.69, 9.17) is 0 Å². The fraction of sp³-hybridized carbons (Fsp3) is 0.917. The summed E-state index contributed by atoms with van der Waals surface area (Å²) >= 11 is 3.86. The van der Waals surface area contributed by atoms with E-state index < -0.39 is 0 Å². The number of hydrogen-bond acceptors (Lipinski definition) is 4. The van der Waals surface area contributed by atoms with Crippen molar-refractivity contribution in [1.29, 1.82) is 0 Å². The second-order valence-electron chi connectivity index (χ2n) is 4.77. The summed E-state index contributed by atoms with van der Waals surface area (Å²) in [5, 5.41) is 4.03. The van der Waals surface area contributed by atoms with Crippen LogP contribution >= 0.6 is 23.5 Å². The first-order chi connectivity index (χ1) is 8.22. The Bertz CT molecular complexity index is 269. The maximum absolute atomic E-state index is 12.2. The molecule has 0 aromatic heterocycles. The van der Waals surface area contributed by atoms with Crippen molar-refractivity contribution < 1.29 is 4.79 Å². The smallest absolute Gasteiger partial charge is 0.240 e. The van der Waals surface area contributed by atoms with E-state index in [2.05, 4.69) is 12.2 Å². The minimum absolute atomic E-state index is 0.0582. The first-order valence-electron chi connectivity index (χ1n) is 6.41. The van der Waals surface area contributed by atoms with E-state index >= 15 is 0 Å². The maximum Gasteiger partial charge on any atom is 0.240 e. The van der Waals surface area contributed by atoms with Gasteiger partial charge in [-0.15, -0.1) is 11.8 Å². The van der Waals surface area contributed by atoms with Gasteiger partial charge in [0.1, 0.15) is 0 Å². The Morgan fingerprint density at radius 3 is 3.00 bits per heavy atom. The minimum atomic E-state index is 0.0582. The van der Waals surface area contributed by atoms with Gasteiger partial charge in [0.15, 0.2) is 0 Å². The highest BCUT2D eigenvalue weighted by Gasteiger charge is 2.33. The van der Waals surface area contributed by atoms with Crippen LogP contribution in [0.5, 0.6) is 0 Å². The van der Waals surface area contributed by atoms with Crippen molar-refractivity contribution in [2.24, 2.45) is 0 Å². The molecule has 1 aliphatic carbocycles. The van der Waals surface area contributed by atoms with Gasteiger partial charge in [-0.3, -0.25) is 10.1 Å². The molecule has 3 nitrogen and oxygen atoms in total. The van der Waals surface area contributed by atoms with Gasteiger partial charge in [-0.2, -0.15) is 11.8 Å². The van der Waals surface area contributed by atoms with Crippen molar-refractivity contribution in [2.45, 2.75) is 43.5 Å². The third-order valence-corrected chi connectivity index (χ3v) is 5.84. The zero-order valence-electron chi connectivity index (χ0n) is 10.6. The van der Waals surface area contributed by atoms with Gasteiger partial charge in [-0.25, -0.2) is 0 Å². The highest BCUT2D eigenvalue weighted by Crippen LogP contribution is 2.32. The Morgan fingerprint density at radius 2 is 2.35 bits per heavy atom. The van der Waals surface area contributed by atoms with E-state index in [0.29, 0.717) is 11.9 Å². The maximum atomic E-state index is 12.2. The molecule has 0 aromatic carbocycles. The van der Waals surface area contributed by atoms with Crippen molar-refractivity contribution in [1.82, 2.24) is 10.2 Å². The molecule has 98 valence electrons. The first kappa shape index (κ1) is 13.6. The molecule has 17 heavy (non-hydrogen) atoms. The number of carbonyl (C=O) groups excluding carboxylic acids is 1. The minimum Gasteiger partial charge on any atom is -0.341 e. The summed E-state index contributed by atoms with van der Waals surface area (Å²) in [4.78, 5) is 14.2. The average Bonchev–Trinajstić information content (AvgIpc) is 2.98. The van der Waals surface area contributed by atoms with Crippen molar-refractivity contribution >= 4 is 29.4 Å². The molecule has 3 atom stereocenters. The van der Waals surface area contributed by atoms with Crippen LogP contribution in [0.15, 0.2) is 0 Å². The molecule has 0 radical (unpaired) electrons. The predicted molar refractivity (Wildman–Crippen MR) is 76.6 cm³/mol. The van der Waals surface area contributed by atoms with Crippen LogP contribution in [0.25, 0.3) is 0 Å². The molecular weight excluding hydrogens is 252 g/mol. The molecule has 1 heterocycles. The number of nitrogens with zero attached hydrogens (tertiary/aromatic N) is 1. The van der Waals surface area contributed by atoms with E-state index in [1.165, 1.54) is 25.0 Å². The zero-order chi connectivity index (χ0) is 12.3. The summed E-state index contributed by atoms with van der Waals surface area (Å²) in [7, 11) is 1.98. The Hall–Kier alpha value is 0.130. The quantitative estimate of drug-likeness (QED) is 0.847. The number of amides is 1. The van der Waals surface area contributed by atoms with E-state index in [-0.39, 0.29) is 6.04 Å². The van der Waals surface area contributed by atoms with E-state index in [1.54, 1.807) is 0 Å². The van der Waals surface area contributed by atoms with Crippen molar-refractivity contribution in [3.8, 4) is 0 Å². The highest BCUT2D eigenvalue weighted by atomic mass is 32.2. The van der Waals surface area contributed by atoms with Crippen LogP contribution in [0, 0.1) is 0 Å². The Balaban J connectivity index is 1.83. The lowest BCUT2D eigenvalue weighted by Gasteiger charge is -2.27. The normalized spacial score (nSPS) is 32.9. The average molecular weight is 274 g/mol. The summed E-state index contributed by atoms with van der Waals surface area (Å²) < 4.78 is 0. The molecule has 0 bridgehead atoms. The van der Waals surface area contributed by atoms with Crippen molar-refractivity contribution in [3.63, 3.8) is 0 Å². The third-order valence-electron chi connectivity index (χ3n) is 3.67. The topological polar surface area (TPSA) is 32.3 Å². The number of thioether (sulfide) groups is 2. The fourth-order valence-electron chi connectivity index (χ4n) is 2.64. The van der Waals surface area contributed by atoms with Gasteiger partial charge in [-0.05, 0) is 25.0 Å². The molecule has 1 N–H and O–H groups in total. The van der Waals surface area contributed by atoms with Crippen LogP contribution in [0.3, 0.4) is 0 Å². The van der Waals surface area contributed by atoms with Crippen LogP contribution in [-0.2, 0) is 4.79 Å². The molecule has 2 rings (SSSR count). The molecule has 5 heteroatoms. The molecule has 0 spiro atoms. The molecule has 2 fully saturated rings. The largest absolute Gasteiger partial charge is 0.341 e. The van der Waals surface area contributed by atoms with Crippen LogP contribution < -0.4 is 5.32 Å². The molecule has 1 saturated carbocycles. The summed E-state index contributed by atoms with van der Waals surface area (Å²) in [6.07, 6.45) is 3.63. The standard InChI is InChI=1S/C12H22N2OS2/c1-3-17-10-5-4-9(6-10)14(2)12(15)11-7-16-8-13-11/h9-11,13H,3-8H2,1-2H3/t9-,10+,11+/m0/s1. The van der Waals surface area contributed by atoms with E-state index in [9.17, 15) is 4.79 Å². The lowest BCUT2D eigenvalue weighted by atomic mass is 10.2. The van der Waals surface area contributed by atoms with Gasteiger partial charge >= 0.3 is 0 Å². The zero-order valence-corrected chi connectivity index (χ0v) is 12.3. The lowest BCUT2D eigenvalue weighted by Crippen LogP contribution is -2.46. The first-order valence-corrected chi connectivity index (χ1v) is 8.62. The van der Waals surface area contributed by atoms with Gasteiger partial charge in [0.05, 0.1) is 6.04 Å². The second kappa shape index (κ2) is 6.34. The van der Waals surface area contributed by atoms with Crippen molar-refractivity contribution in [3.05, 3.63) is 0 Å². The summed E-state index contributed by atoms with van der Waals surface area (Å²) in [5.41, 5.74) is 0. The monoisotopic (exact) mass is 274 g/mol. The molecule has 0 unspecified atom stereocenters. The molecule has 0 aromatic rings. The Kier molecular flexibility index (Phi) is 5.06. The Morgan fingerprint density at radius 1 is 1.53 bits per heavy atom. The van der Waals surface area contributed by atoms with Crippen LogP contribution in [0.1, 0.15) is 26.2 Å². The van der Waals surface area contributed by atoms with Gasteiger partial charge in [0.2, 0.25) is 5.91 Å². The predicted octanol–water partition coefficient (Wildman–Crippen LogP) is 1.78. The van der Waals surface area contributed by atoms with E-state index in [1.807, 2.05) is 35.5 Å². The summed E-state index contributed by atoms with van der Waals surface area (Å²) in [5.74, 6) is 3.34. The third kappa shape index (κ3) is 3.32. The van der Waals surface area contributed by atoms with Crippen molar-refractivity contribution in [2.75, 3.05) is 24.4 Å². The molecule has 2 aliphatic rings. The summed E-state index contributed by atoms with van der Waals surface area (Å²) in [6.45, 7) is 2.21. The number of rotatable bonds is 4. The molecule has 1 amide bonds. The number of nitrogens with one attached hydrogen (secondary N) is 1. The summed E-state index contributed by atoms with van der Waals surface area (Å²) in [6, 6.07) is 0.529. The second-order valence-corrected chi connectivity index (χ2v) is 7.37. The van der Waals surface area contributed by atoms with Crippen LogP contribution in [0.4, 0.5) is 0 Å². The molecule has 1 aliphatic heterocycles. The lowest BCUT2D eigenvalue weighted by molar-refractivity contribution is -0.133. The number of likely N-dealkylation sites (N-methyl/N-ethyl adjacent to an activating group) is 1. The van der Waals surface area contributed by atoms with Gasteiger partial charge in [0.25, 0.3) is 0 Å².